The molecule has 1 N–H and O–H groups in total. The summed E-state index contributed by atoms with van der Waals surface area (Å²) in [5.41, 5.74) is -0.480. The van der Waals surface area contributed by atoms with E-state index in [0.717, 1.165) is 0 Å². The van der Waals surface area contributed by atoms with Crippen LogP contribution in [0.4, 0.5) is 13.2 Å². The molecule has 0 aliphatic rings. The molecule has 0 atom stereocenters. The Morgan fingerprint density at radius 1 is 1.28 bits per heavy atom. The van der Waals surface area contributed by atoms with Gasteiger partial charge in [-0.2, -0.15) is 13.2 Å². The minimum Gasteiger partial charge on any atom is -0.496 e. The van der Waals surface area contributed by atoms with E-state index >= 15 is 0 Å². The van der Waals surface area contributed by atoms with Crippen molar-refractivity contribution in [3.05, 3.63) is 29.3 Å². The van der Waals surface area contributed by atoms with E-state index in [0.29, 0.717) is 12.5 Å². The molecule has 1 aromatic carbocycles. The first-order valence-electron chi connectivity index (χ1n) is 5.80. The molecule has 0 spiro atoms. The van der Waals surface area contributed by atoms with E-state index in [9.17, 15) is 13.2 Å². The topological polar surface area (TPSA) is 21.3 Å². The van der Waals surface area contributed by atoms with Gasteiger partial charge >= 0.3 is 6.18 Å². The number of rotatable bonds is 5. The maximum Gasteiger partial charge on any atom is 0.420 e. The van der Waals surface area contributed by atoms with Crippen LogP contribution < -0.4 is 10.1 Å². The highest BCUT2D eigenvalue weighted by atomic mass is 19.4. The van der Waals surface area contributed by atoms with Crippen LogP contribution in [0.25, 0.3) is 0 Å². The fraction of sp³-hybridized carbons (Fsp3) is 0.538. The zero-order valence-corrected chi connectivity index (χ0v) is 10.8. The van der Waals surface area contributed by atoms with Crippen LogP contribution in [0.5, 0.6) is 5.75 Å². The van der Waals surface area contributed by atoms with E-state index in [1.807, 2.05) is 13.8 Å². The highest BCUT2D eigenvalue weighted by molar-refractivity contribution is 5.42. The highest BCUT2D eigenvalue weighted by Gasteiger charge is 2.36. The summed E-state index contributed by atoms with van der Waals surface area (Å²) in [5, 5.41) is 3.01. The van der Waals surface area contributed by atoms with Gasteiger partial charge in [-0.05, 0) is 24.1 Å². The number of methoxy groups -OCH3 is 1. The van der Waals surface area contributed by atoms with E-state index in [1.54, 1.807) is 6.07 Å². The lowest BCUT2D eigenvalue weighted by atomic mass is 10.1. The molecule has 2 nitrogen and oxygen atoms in total. The summed E-state index contributed by atoms with van der Waals surface area (Å²) < 4.78 is 43.7. The van der Waals surface area contributed by atoms with Crippen molar-refractivity contribution in [3.8, 4) is 5.75 Å². The summed E-state index contributed by atoms with van der Waals surface area (Å²) in [4.78, 5) is 0. The van der Waals surface area contributed by atoms with Crippen molar-refractivity contribution in [2.24, 2.45) is 5.92 Å². The number of hydrogen-bond acceptors (Lipinski definition) is 2. The fourth-order valence-electron chi connectivity index (χ4n) is 1.71. The Labute approximate surface area is 105 Å². The van der Waals surface area contributed by atoms with Gasteiger partial charge in [0.25, 0.3) is 0 Å². The molecule has 0 aromatic heterocycles. The Balaban J connectivity index is 2.96. The molecule has 5 heteroatoms. The zero-order chi connectivity index (χ0) is 13.8. The molecule has 0 fully saturated rings. The van der Waals surface area contributed by atoms with Gasteiger partial charge in [0, 0.05) is 6.54 Å². The lowest BCUT2D eigenvalue weighted by Crippen LogP contribution is -2.21. The largest absolute Gasteiger partial charge is 0.496 e. The second-order valence-electron chi connectivity index (χ2n) is 4.52. The molecule has 102 valence electrons. The second-order valence-corrected chi connectivity index (χ2v) is 4.52. The van der Waals surface area contributed by atoms with E-state index in [2.05, 4.69) is 5.32 Å². The van der Waals surface area contributed by atoms with Crippen molar-refractivity contribution in [1.29, 1.82) is 0 Å². The molecule has 0 radical (unpaired) electrons. The van der Waals surface area contributed by atoms with Gasteiger partial charge in [0.15, 0.2) is 0 Å². The van der Waals surface area contributed by atoms with Crippen LogP contribution in [0, 0.1) is 5.92 Å². The van der Waals surface area contributed by atoms with E-state index in [1.165, 1.54) is 19.2 Å². The molecule has 0 bridgehead atoms. The van der Waals surface area contributed by atoms with E-state index in [4.69, 9.17) is 4.74 Å². The molecular formula is C13H18F3NO. The van der Waals surface area contributed by atoms with Gasteiger partial charge in [0.1, 0.15) is 11.3 Å². The Kier molecular flexibility index (Phi) is 5.02. The highest BCUT2D eigenvalue weighted by Crippen LogP contribution is 2.38. The van der Waals surface area contributed by atoms with Crippen LogP contribution in [0.15, 0.2) is 18.2 Å². The summed E-state index contributed by atoms with van der Waals surface area (Å²) >= 11 is 0. The molecule has 18 heavy (non-hydrogen) atoms. The maximum absolute atomic E-state index is 13.0. The Hall–Kier alpha value is -1.23. The van der Waals surface area contributed by atoms with Crippen molar-refractivity contribution in [2.45, 2.75) is 26.6 Å². The summed E-state index contributed by atoms with van der Waals surface area (Å²) in [5.74, 6) is 0.260. The summed E-state index contributed by atoms with van der Waals surface area (Å²) in [6, 6.07) is 4.37. The molecule has 1 aromatic rings. The van der Waals surface area contributed by atoms with Gasteiger partial charge in [-0.15, -0.1) is 0 Å². The van der Waals surface area contributed by atoms with Gasteiger partial charge in [-0.1, -0.05) is 26.0 Å². The number of nitrogens with one attached hydrogen (secondary N) is 1. The monoisotopic (exact) mass is 261 g/mol. The SMILES string of the molecule is COc1cccc(CNCC(C)C)c1C(F)(F)F. The van der Waals surface area contributed by atoms with Crippen molar-refractivity contribution >= 4 is 0 Å². The van der Waals surface area contributed by atoms with Crippen LogP contribution >= 0.6 is 0 Å². The molecule has 0 aliphatic carbocycles. The minimum absolute atomic E-state index is 0.133. The lowest BCUT2D eigenvalue weighted by Gasteiger charge is -2.17. The first kappa shape index (κ1) is 14.8. The molecule has 0 aliphatic heterocycles. The molecule has 0 unspecified atom stereocenters. The van der Waals surface area contributed by atoms with Crippen molar-refractivity contribution in [2.75, 3.05) is 13.7 Å². The summed E-state index contributed by atoms with van der Waals surface area (Å²) in [6.07, 6.45) is -4.40. The van der Waals surface area contributed by atoms with Crippen molar-refractivity contribution < 1.29 is 17.9 Å². The van der Waals surface area contributed by atoms with Crippen LogP contribution in [0.1, 0.15) is 25.0 Å². The average molecular weight is 261 g/mol. The lowest BCUT2D eigenvalue weighted by molar-refractivity contribution is -0.139. The maximum atomic E-state index is 13.0. The molecule has 0 amide bonds. The zero-order valence-electron chi connectivity index (χ0n) is 10.8. The standard InChI is InChI=1S/C13H18F3NO/c1-9(2)7-17-8-10-5-4-6-11(18-3)12(10)13(14,15)16/h4-6,9,17H,7-8H2,1-3H3. The average Bonchev–Trinajstić information content (AvgIpc) is 2.26. The first-order chi connectivity index (χ1) is 8.36. The molecular weight excluding hydrogens is 243 g/mol. The van der Waals surface area contributed by atoms with Crippen LogP contribution in [-0.4, -0.2) is 13.7 Å². The summed E-state index contributed by atoms with van der Waals surface area (Å²) in [7, 11) is 1.25. The molecule has 0 heterocycles. The third-order valence-electron chi connectivity index (χ3n) is 2.48. The predicted octanol–water partition coefficient (Wildman–Crippen LogP) is 3.46. The number of hydrogen-bond donors (Lipinski definition) is 1. The van der Waals surface area contributed by atoms with Gasteiger partial charge in [-0.3, -0.25) is 0 Å². The first-order valence-corrected chi connectivity index (χ1v) is 5.80. The van der Waals surface area contributed by atoms with Gasteiger partial charge in [0.05, 0.1) is 7.11 Å². The van der Waals surface area contributed by atoms with Crippen LogP contribution in [0.2, 0.25) is 0 Å². The predicted molar refractivity (Wildman–Crippen MR) is 64.5 cm³/mol. The molecule has 0 saturated carbocycles. The smallest absolute Gasteiger partial charge is 0.420 e. The number of benzene rings is 1. The van der Waals surface area contributed by atoms with Gasteiger partial charge in [-0.25, -0.2) is 0 Å². The molecule has 1 rings (SSSR count). The van der Waals surface area contributed by atoms with Crippen molar-refractivity contribution in [3.63, 3.8) is 0 Å². The number of ether oxygens (including phenoxy) is 1. The van der Waals surface area contributed by atoms with E-state index in [-0.39, 0.29) is 17.9 Å². The minimum atomic E-state index is -4.40. The fourth-order valence-corrected chi connectivity index (χ4v) is 1.71. The van der Waals surface area contributed by atoms with Gasteiger partial charge < -0.3 is 10.1 Å². The summed E-state index contributed by atoms with van der Waals surface area (Å²) in [6.45, 7) is 4.87. The van der Waals surface area contributed by atoms with E-state index < -0.39 is 11.7 Å². The third-order valence-corrected chi connectivity index (χ3v) is 2.48. The van der Waals surface area contributed by atoms with Crippen LogP contribution in [-0.2, 0) is 12.7 Å². The normalized spacial score (nSPS) is 11.9. The van der Waals surface area contributed by atoms with Crippen molar-refractivity contribution in [1.82, 2.24) is 5.32 Å². The number of alkyl halides is 3. The quantitative estimate of drug-likeness (QED) is 0.876. The Bertz CT molecular complexity index is 388. The Morgan fingerprint density at radius 3 is 2.44 bits per heavy atom. The van der Waals surface area contributed by atoms with Crippen LogP contribution in [0.3, 0.4) is 0 Å². The third kappa shape index (κ3) is 3.91. The molecule has 0 saturated heterocycles. The Morgan fingerprint density at radius 2 is 1.94 bits per heavy atom. The number of halogens is 3. The van der Waals surface area contributed by atoms with Gasteiger partial charge in [0.2, 0.25) is 0 Å². The second kappa shape index (κ2) is 6.09.